The average Bonchev–Trinajstić information content (AvgIpc) is 2.28. The van der Waals surface area contributed by atoms with Crippen molar-refractivity contribution in [2.75, 3.05) is 11.9 Å². The summed E-state index contributed by atoms with van der Waals surface area (Å²) in [5.74, 6) is 0.848. The summed E-state index contributed by atoms with van der Waals surface area (Å²) in [6.07, 6.45) is 0. The van der Waals surface area contributed by atoms with E-state index in [-0.39, 0.29) is 0 Å². The molecule has 0 aliphatic heterocycles. The molecule has 0 radical (unpaired) electrons. The molecule has 0 aliphatic carbocycles. The van der Waals surface area contributed by atoms with Crippen LogP contribution in [-0.4, -0.2) is 11.5 Å². The minimum absolute atomic E-state index is 0.614. The Kier molecular flexibility index (Phi) is 3.87. The van der Waals surface area contributed by atoms with Crippen molar-refractivity contribution in [3.05, 3.63) is 46.4 Å². The Balaban J connectivity index is 2.41. The molecular weight excluding hydrogens is 255 g/mol. The highest BCUT2D eigenvalue weighted by molar-refractivity contribution is 6.35. The lowest BCUT2D eigenvalue weighted by Gasteiger charge is -2.06. The molecule has 2 nitrogen and oxygen atoms in total. The van der Waals surface area contributed by atoms with E-state index in [1.54, 1.807) is 6.07 Å². The molecule has 88 valence electrons. The van der Waals surface area contributed by atoms with Crippen LogP contribution in [0.3, 0.4) is 0 Å². The molecule has 0 spiro atoms. The maximum atomic E-state index is 5.97. The van der Waals surface area contributed by atoms with Crippen LogP contribution in [0.2, 0.25) is 10.0 Å². The van der Waals surface area contributed by atoms with E-state index in [9.17, 15) is 0 Å². The first kappa shape index (κ1) is 12.2. The topological polar surface area (TPSA) is 24.9 Å². The Labute approximate surface area is 111 Å². The maximum Gasteiger partial charge on any atom is 0.126 e. The summed E-state index contributed by atoms with van der Waals surface area (Å²) in [7, 11) is 0. The summed E-state index contributed by atoms with van der Waals surface area (Å²) < 4.78 is 0. The second kappa shape index (κ2) is 5.39. The van der Waals surface area contributed by atoms with Gasteiger partial charge in [0.15, 0.2) is 0 Å². The molecular formula is C13H12Cl2N2. The van der Waals surface area contributed by atoms with Gasteiger partial charge in [-0.2, -0.15) is 0 Å². The first-order chi connectivity index (χ1) is 8.19. The van der Waals surface area contributed by atoms with Gasteiger partial charge in [-0.05, 0) is 37.3 Å². The van der Waals surface area contributed by atoms with Crippen molar-refractivity contribution in [1.29, 1.82) is 0 Å². The molecule has 0 saturated heterocycles. The van der Waals surface area contributed by atoms with E-state index in [2.05, 4.69) is 10.3 Å². The molecule has 4 heteroatoms. The van der Waals surface area contributed by atoms with E-state index in [0.29, 0.717) is 10.0 Å². The van der Waals surface area contributed by atoms with Crippen molar-refractivity contribution < 1.29 is 0 Å². The van der Waals surface area contributed by atoms with E-state index >= 15 is 0 Å². The third-order valence-corrected chi connectivity index (χ3v) is 2.70. The number of aromatic nitrogens is 1. The zero-order chi connectivity index (χ0) is 12.3. The molecule has 0 amide bonds. The van der Waals surface area contributed by atoms with E-state index < -0.39 is 0 Å². The molecule has 0 atom stereocenters. The Hall–Kier alpha value is -1.25. The number of hydrogen-bond donors (Lipinski definition) is 1. The zero-order valence-electron chi connectivity index (χ0n) is 9.37. The van der Waals surface area contributed by atoms with Crippen LogP contribution in [0.15, 0.2) is 36.4 Å². The highest BCUT2D eigenvalue weighted by Gasteiger charge is 2.03. The second-order valence-corrected chi connectivity index (χ2v) is 4.47. The molecule has 1 N–H and O–H groups in total. The number of anilines is 1. The van der Waals surface area contributed by atoms with Gasteiger partial charge in [0.25, 0.3) is 0 Å². The largest absolute Gasteiger partial charge is 0.370 e. The molecule has 0 unspecified atom stereocenters. The Morgan fingerprint density at radius 2 is 1.82 bits per heavy atom. The summed E-state index contributed by atoms with van der Waals surface area (Å²) in [6.45, 7) is 2.87. The van der Waals surface area contributed by atoms with Gasteiger partial charge in [-0.3, -0.25) is 0 Å². The lowest BCUT2D eigenvalue weighted by Crippen LogP contribution is -1.99. The van der Waals surface area contributed by atoms with Crippen molar-refractivity contribution in [1.82, 2.24) is 4.98 Å². The van der Waals surface area contributed by atoms with Crippen LogP contribution in [0.1, 0.15) is 6.92 Å². The molecule has 0 saturated carbocycles. The summed E-state index contributed by atoms with van der Waals surface area (Å²) in [6, 6.07) is 11.2. The van der Waals surface area contributed by atoms with Crippen molar-refractivity contribution in [3.8, 4) is 11.3 Å². The third kappa shape index (κ3) is 3.11. The minimum atomic E-state index is 0.614. The van der Waals surface area contributed by atoms with E-state index in [1.807, 2.05) is 37.3 Å². The molecule has 1 aromatic carbocycles. The van der Waals surface area contributed by atoms with Gasteiger partial charge in [0, 0.05) is 22.2 Å². The van der Waals surface area contributed by atoms with Crippen LogP contribution >= 0.6 is 23.2 Å². The number of halogens is 2. The number of hydrogen-bond acceptors (Lipinski definition) is 2. The fourth-order valence-corrected chi connectivity index (χ4v) is 2.10. The van der Waals surface area contributed by atoms with Gasteiger partial charge >= 0.3 is 0 Å². The Morgan fingerprint density at radius 3 is 2.47 bits per heavy atom. The molecule has 0 bridgehead atoms. The standard InChI is InChI=1S/C13H12Cl2N2/c1-2-16-13-5-3-4-12(17-13)9-6-10(14)8-11(15)7-9/h3-8H,2H2,1H3,(H,16,17). The van der Waals surface area contributed by atoms with Gasteiger partial charge in [-0.25, -0.2) is 4.98 Å². The van der Waals surface area contributed by atoms with Gasteiger partial charge in [0.05, 0.1) is 5.69 Å². The van der Waals surface area contributed by atoms with Gasteiger partial charge in [0.2, 0.25) is 0 Å². The van der Waals surface area contributed by atoms with Crippen LogP contribution in [0.4, 0.5) is 5.82 Å². The lowest BCUT2D eigenvalue weighted by atomic mass is 10.1. The monoisotopic (exact) mass is 266 g/mol. The second-order valence-electron chi connectivity index (χ2n) is 3.60. The number of rotatable bonds is 3. The average molecular weight is 267 g/mol. The predicted molar refractivity (Wildman–Crippen MR) is 73.9 cm³/mol. The van der Waals surface area contributed by atoms with Crippen molar-refractivity contribution in [2.24, 2.45) is 0 Å². The van der Waals surface area contributed by atoms with E-state index in [4.69, 9.17) is 23.2 Å². The van der Waals surface area contributed by atoms with Crippen molar-refractivity contribution in [2.45, 2.75) is 6.92 Å². The number of pyridine rings is 1. The highest BCUT2D eigenvalue weighted by Crippen LogP contribution is 2.26. The summed E-state index contributed by atoms with van der Waals surface area (Å²) in [4.78, 5) is 4.49. The van der Waals surface area contributed by atoms with E-state index in [1.165, 1.54) is 0 Å². The summed E-state index contributed by atoms with van der Waals surface area (Å²) in [5, 5.41) is 4.40. The minimum Gasteiger partial charge on any atom is -0.370 e. The fourth-order valence-electron chi connectivity index (χ4n) is 1.58. The highest BCUT2D eigenvalue weighted by atomic mass is 35.5. The SMILES string of the molecule is CCNc1cccc(-c2cc(Cl)cc(Cl)c2)n1. The normalized spacial score (nSPS) is 10.3. The molecule has 0 aliphatic rings. The zero-order valence-corrected chi connectivity index (χ0v) is 10.9. The number of nitrogens with one attached hydrogen (secondary N) is 1. The predicted octanol–water partition coefficient (Wildman–Crippen LogP) is 4.49. The molecule has 17 heavy (non-hydrogen) atoms. The van der Waals surface area contributed by atoms with Crippen LogP contribution in [-0.2, 0) is 0 Å². The van der Waals surface area contributed by atoms with Crippen LogP contribution < -0.4 is 5.32 Å². The first-order valence-corrected chi connectivity index (χ1v) is 6.12. The van der Waals surface area contributed by atoms with Gasteiger partial charge in [0.1, 0.15) is 5.82 Å². The third-order valence-electron chi connectivity index (χ3n) is 2.27. The quantitative estimate of drug-likeness (QED) is 0.886. The van der Waals surface area contributed by atoms with Crippen molar-refractivity contribution >= 4 is 29.0 Å². The van der Waals surface area contributed by atoms with E-state index in [0.717, 1.165) is 23.6 Å². The van der Waals surface area contributed by atoms with Crippen LogP contribution in [0.5, 0.6) is 0 Å². The van der Waals surface area contributed by atoms with Crippen LogP contribution in [0.25, 0.3) is 11.3 Å². The maximum absolute atomic E-state index is 5.97. The van der Waals surface area contributed by atoms with Gasteiger partial charge in [-0.15, -0.1) is 0 Å². The molecule has 1 aromatic heterocycles. The Bertz CT molecular complexity index is 506. The number of nitrogens with zero attached hydrogens (tertiary/aromatic N) is 1. The van der Waals surface area contributed by atoms with Crippen LogP contribution in [0, 0.1) is 0 Å². The summed E-state index contributed by atoms with van der Waals surface area (Å²) in [5.41, 5.74) is 1.77. The smallest absolute Gasteiger partial charge is 0.126 e. The molecule has 2 aromatic rings. The van der Waals surface area contributed by atoms with Gasteiger partial charge in [-0.1, -0.05) is 29.3 Å². The molecule has 1 heterocycles. The molecule has 2 rings (SSSR count). The summed E-state index contributed by atoms with van der Waals surface area (Å²) >= 11 is 11.9. The number of benzene rings is 1. The van der Waals surface area contributed by atoms with Gasteiger partial charge < -0.3 is 5.32 Å². The first-order valence-electron chi connectivity index (χ1n) is 5.36. The molecule has 0 fully saturated rings. The fraction of sp³-hybridized carbons (Fsp3) is 0.154. The Morgan fingerprint density at radius 1 is 1.12 bits per heavy atom. The lowest BCUT2D eigenvalue weighted by molar-refractivity contribution is 1.16. The van der Waals surface area contributed by atoms with Crippen molar-refractivity contribution in [3.63, 3.8) is 0 Å².